The molecule has 1 fully saturated rings. The van der Waals surface area contributed by atoms with Gasteiger partial charge in [0.2, 0.25) is 0 Å². The van der Waals surface area contributed by atoms with E-state index < -0.39 is 0 Å². The number of nitrogens with zero attached hydrogens (tertiary/aromatic N) is 2. The van der Waals surface area contributed by atoms with Crippen LogP contribution in [0.5, 0.6) is 0 Å². The molecule has 0 bridgehead atoms. The van der Waals surface area contributed by atoms with E-state index in [2.05, 4.69) is 4.90 Å². The Bertz CT molecular complexity index is 476. The Morgan fingerprint density at radius 3 is 2.74 bits per heavy atom. The molecule has 19 heavy (non-hydrogen) atoms. The van der Waals surface area contributed by atoms with Gasteiger partial charge in [0.1, 0.15) is 0 Å². The molecule has 0 aromatic heterocycles. The molecule has 1 aromatic rings. The van der Waals surface area contributed by atoms with E-state index in [0.717, 1.165) is 25.8 Å². The topological polar surface area (TPSA) is 64.3 Å². The number of aliphatic hydroxyl groups excluding tert-OH is 1. The maximum atomic E-state index is 12.2. The maximum Gasteiger partial charge on any atom is 0.176 e. The van der Waals surface area contributed by atoms with Crippen molar-refractivity contribution in [2.45, 2.75) is 25.3 Å². The second kappa shape index (κ2) is 6.46. The average Bonchev–Trinajstić information content (AvgIpc) is 2.48. The monoisotopic (exact) mass is 258 g/mol. The number of hydrogen-bond acceptors (Lipinski definition) is 4. The fourth-order valence-corrected chi connectivity index (χ4v) is 2.48. The number of piperidine rings is 1. The van der Waals surface area contributed by atoms with Gasteiger partial charge in [-0.1, -0.05) is 18.6 Å². The van der Waals surface area contributed by atoms with E-state index in [1.54, 1.807) is 24.3 Å². The van der Waals surface area contributed by atoms with Crippen LogP contribution in [0.2, 0.25) is 0 Å². The number of ketones is 1. The summed E-state index contributed by atoms with van der Waals surface area (Å²) >= 11 is 0. The van der Waals surface area contributed by atoms with E-state index in [0.29, 0.717) is 17.7 Å². The maximum absolute atomic E-state index is 12.2. The van der Waals surface area contributed by atoms with Crippen LogP contribution in [0.4, 0.5) is 0 Å². The summed E-state index contributed by atoms with van der Waals surface area (Å²) in [6.45, 7) is 1.32. The van der Waals surface area contributed by atoms with E-state index in [1.165, 1.54) is 0 Å². The smallest absolute Gasteiger partial charge is 0.176 e. The van der Waals surface area contributed by atoms with Gasteiger partial charge in [-0.15, -0.1) is 0 Å². The Kier molecular flexibility index (Phi) is 4.67. The van der Waals surface area contributed by atoms with Crippen molar-refractivity contribution in [1.82, 2.24) is 4.90 Å². The number of hydrogen-bond donors (Lipinski definition) is 1. The molecule has 1 N–H and O–H groups in total. The normalized spacial score (nSPS) is 19.9. The second-order valence-corrected chi connectivity index (χ2v) is 4.91. The molecular formula is C15H18N2O2. The van der Waals surface area contributed by atoms with Crippen LogP contribution in [-0.2, 0) is 0 Å². The van der Waals surface area contributed by atoms with Gasteiger partial charge in [-0.2, -0.15) is 5.26 Å². The first-order valence-corrected chi connectivity index (χ1v) is 6.63. The molecule has 1 saturated heterocycles. The average molecular weight is 258 g/mol. The summed E-state index contributed by atoms with van der Waals surface area (Å²) in [5.74, 6) is 0.0461. The molecule has 0 radical (unpaired) electrons. The van der Waals surface area contributed by atoms with Crippen LogP contribution in [0.25, 0.3) is 0 Å². The van der Waals surface area contributed by atoms with Gasteiger partial charge >= 0.3 is 0 Å². The minimum Gasteiger partial charge on any atom is -0.395 e. The summed E-state index contributed by atoms with van der Waals surface area (Å²) < 4.78 is 0. The minimum atomic E-state index is 0.0461. The van der Waals surface area contributed by atoms with E-state index in [1.807, 2.05) is 6.07 Å². The van der Waals surface area contributed by atoms with Gasteiger partial charge in [-0.05, 0) is 31.5 Å². The Morgan fingerprint density at radius 2 is 2.11 bits per heavy atom. The first-order valence-electron chi connectivity index (χ1n) is 6.63. The molecule has 1 aliphatic heterocycles. The van der Waals surface area contributed by atoms with Crippen LogP contribution in [0.15, 0.2) is 24.3 Å². The molecule has 0 aliphatic carbocycles. The van der Waals surface area contributed by atoms with Gasteiger partial charge < -0.3 is 5.11 Å². The van der Waals surface area contributed by atoms with E-state index in [9.17, 15) is 9.90 Å². The van der Waals surface area contributed by atoms with Crippen molar-refractivity contribution in [3.8, 4) is 6.07 Å². The predicted octanol–water partition coefficient (Wildman–Crippen LogP) is 1.59. The molecule has 0 spiro atoms. The number of carbonyl (C=O) groups excluding carboxylic acids is 1. The number of carbonyl (C=O) groups is 1. The number of rotatable bonds is 4. The van der Waals surface area contributed by atoms with E-state index in [4.69, 9.17) is 5.26 Å². The lowest BCUT2D eigenvalue weighted by Crippen LogP contribution is -2.44. The van der Waals surface area contributed by atoms with Gasteiger partial charge in [0.05, 0.1) is 24.8 Å². The third kappa shape index (κ3) is 3.40. The summed E-state index contributed by atoms with van der Waals surface area (Å²) in [5, 5.41) is 18.0. The molecular weight excluding hydrogens is 240 g/mol. The van der Waals surface area contributed by atoms with E-state index in [-0.39, 0.29) is 18.4 Å². The zero-order valence-corrected chi connectivity index (χ0v) is 10.9. The molecule has 1 heterocycles. The second-order valence-electron chi connectivity index (χ2n) is 4.91. The molecule has 4 nitrogen and oxygen atoms in total. The zero-order valence-electron chi connectivity index (χ0n) is 10.9. The first kappa shape index (κ1) is 13.7. The Hall–Kier alpha value is -1.70. The molecule has 1 atom stereocenters. The van der Waals surface area contributed by atoms with Crippen molar-refractivity contribution in [2.24, 2.45) is 0 Å². The number of aliphatic hydroxyl groups is 1. The van der Waals surface area contributed by atoms with Crippen LogP contribution >= 0.6 is 0 Å². The lowest BCUT2D eigenvalue weighted by molar-refractivity contribution is 0.0711. The summed E-state index contributed by atoms with van der Waals surface area (Å²) in [6, 6.07) is 8.85. The summed E-state index contributed by atoms with van der Waals surface area (Å²) in [6.07, 6.45) is 3.15. The quantitative estimate of drug-likeness (QED) is 0.833. The molecule has 0 amide bonds. The lowest BCUT2D eigenvalue weighted by atomic mass is 10.0. The fraction of sp³-hybridized carbons (Fsp3) is 0.467. The highest BCUT2D eigenvalue weighted by Crippen LogP contribution is 2.17. The SMILES string of the molecule is N#Cc1ccc(C(=O)CN2CCCCC2CO)cc1. The predicted molar refractivity (Wildman–Crippen MR) is 71.8 cm³/mol. The number of benzene rings is 1. The molecule has 1 aliphatic rings. The third-order valence-corrected chi connectivity index (χ3v) is 3.64. The van der Waals surface area contributed by atoms with Crippen LogP contribution in [0.1, 0.15) is 35.2 Å². The van der Waals surface area contributed by atoms with Crippen molar-refractivity contribution >= 4 is 5.78 Å². The van der Waals surface area contributed by atoms with Crippen molar-refractivity contribution in [2.75, 3.05) is 19.7 Å². The van der Waals surface area contributed by atoms with Gasteiger partial charge in [0.15, 0.2) is 5.78 Å². The number of likely N-dealkylation sites (tertiary alicyclic amines) is 1. The lowest BCUT2D eigenvalue weighted by Gasteiger charge is -2.33. The summed E-state index contributed by atoms with van der Waals surface area (Å²) in [7, 11) is 0. The highest BCUT2D eigenvalue weighted by atomic mass is 16.3. The van der Waals surface area contributed by atoms with Gasteiger partial charge in [-0.3, -0.25) is 9.69 Å². The van der Waals surface area contributed by atoms with Crippen LogP contribution in [-0.4, -0.2) is 41.5 Å². The van der Waals surface area contributed by atoms with Crippen LogP contribution in [0.3, 0.4) is 0 Å². The highest BCUT2D eigenvalue weighted by molar-refractivity contribution is 5.97. The Balaban J connectivity index is 2.01. The minimum absolute atomic E-state index is 0.0461. The van der Waals surface area contributed by atoms with Crippen LogP contribution in [0, 0.1) is 11.3 Å². The Morgan fingerprint density at radius 1 is 1.37 bits per heavy atom. The molecule has 0 saturated carbocycles. The van der Waals surface area contributed by atoms with E-state index >= 15 is 0 Å². The van der Waals surface area contributed by atoms with Crippen molar-refractivity contribution in [3.05, 3.63) is 35.4 Å². The Labute approximate surface area is 113 Å². The van der Waals surface area contributed by atoms with Crippen molar-refractivity contribution in [1.29, 1.82) is 5.26 Å². The molecule has 4 heteroatoms. The molecule has 1 unspecified atom stereocenters. The molecule has 1 aromatic carbocycles. The van der Waals surface area contributed by atoms with Crippen LogP contribution < -0.4 is 0 Å². The van der Waals surface area contributed by atoms with Gasteiger partial charge in [-0.25, -0.2) is 0 Å². The highest BCUT2D eigenvalue weighted by Gasteiger charge is 2.23. The number of Topliss-reactive ketones (excluding diaryl/α,β-unsaturated/α-hetero) is 1. The van der Waals surface area contributed by atoms with Gasteiger partial charge in [0, 0.05) is 11.6 Å². The van der Waals surface area contributed by atoms with Crippen molar-refractivity contribution < 1.29 is 9.90 Å². The molecule has 2 rings (SSSR count). The standard InChI is InChI=1S/C15H18N2O2/c16-9-12-4-6-13(7-5-12)15(19)10-17-8-2-1-3-14(17)11-18/h4-7,14,18H,1-3,8,10-11H2. The fourth-order valence-electron chi connectivity index (χ4n) is 2.48. The van der Waals surface area contributed by atoms with Gasteiger partial charge in [0.25, 0.3) is 0 Å². The largest absolute Gasteiger partial charge is 0.395 e. The number of nitriles is 1. The van der Waals surface area contributed by atoms with Crippen molar-refractivity contribution in [3.63, 3.8) is 0 Å². The summed E-state index contributed by atoms with van der Waals surface area (Å²) in [4.78, 5) is 14.2. The zero-order chi connectivity index (χ0) is 13.7. The third-order valence-electron chi connectivity index (χ3n) is 3.64. The summed E-state index contributed by atoms with van der Waals surface area (Å²) in [5.41, 5.74) is 1.18. The first-order chi connectivity index (χ1) is 9.24. The molecule has 100 valence electrons.